The van der Waals surface area contributed by atoms with Gasteiger partial charge in [-0.05, 0) is 38.4 Å². The van der Waals surface area contributed by atoms with Gasteiger partial charge in [0.25, 0.3) is 0 Å². The van der Waals surface area contributed by atoms with Gasteiger partial charge in [0.05, 0.1) is 19.0 Å². The number of nitrogens with two attached hydrogens (primary N) is 1. The third-order valence-electron chi connectivity index (χ3n) is 3.16. The third-order valence-corrected chi connectivity index (χ3v) is 3.16. The van der Waals surface area contributed by atoms with Crippen LogP contribution in [0.4, 0.5) is 11.5 Å². The van der Waals surface area contributed by atoms with Crippen LogP contribution in [0.5, 0.6) is 5.88 Å². The topological polar surface area (TPSA) is 64.3 Å². The first kappa shape index (κ1) is 15.3. The number of hydrogen-bond donors (Lipinski definition) is 1. The highest BCUT2D eigenvalue weighted by Crippen LogP contribution is 2.27. The number of hydrogen-bond acceptors (Lipinski definition) is 5. The zero-order valence-corrected chi connectivity index (χ0v) is 12.6. The SMILES string of the molecule is CCOc1cncc(N(CCCN)c2ccccc2C)n1. The number of aryl methyl sites for hydroxylation is 1. The van der Waals surface area contributed by atoms with Crippen molar-refractivity contribution in [3.8, 4) is 5.88 Å². The molecule has 0 spiro atoms. The van der Waals surface area contributed by atoms with Crippen molar-refractivity contribution in [3.05, 3.63) is 42.2 Å². The Bertz CT molecular complexity index is 574. The molecule has 21 heavy (non-hydrogen) atoms. The molecule has 112 valence electrons. The Hall–Kier alpha value is -2.14. The highest BCUT2D eigenvalue weighted by molar-refractivity contribution is 5.63. The van der Waals surface area contributed by atoms with E-state index in [4.69, 9.17) is 10.5 Å². The van der Waals surface area contributed by atoms with E-state index in [0.29, 0.717) is 19.0 Å². The number of anilines is 2. The highest BCUT2D eigenvalue weighted by atomic mass is 16.5. The zero-order valence-electron chi connectivity index (χ0n) is 12.6. The molecule has 2 aromatic rings. The Balaban J connectivity index is 2.36. The summed E-state index contributed by atoms with van der Waals surface area (Å²) in [6.45, 7) is 6.03. The summed E-state index contributed by atoms with van der Waals surface area (Å²) in [5, 5.41) is 0. The van der Waals surface area contributed by atoms with Gasteiger partial charge in [-0.25, -0.2) is 0 Å². The molecule has 0 aliphatic heterocycles. The van der Waals surface area contributed by atoms with Crippen LogP contribution in [0.1, 0.15) is 18.9 Å². The second kappa shape index (κ2) is 7.59. The van der Waals surface area contributed by atoms with Gasteiger partial charge >= 0.3 is 0 Å². The molecule has 2 N–H and O–H groups in total. The van der Waals surface area contributed by atoms with Gasteiger partial charge in [0, 0.05) is 12.2 Å². The molecule has 0 amide bonds. The van der Waals surface area contributed by atoms with Crippen LogP contribution >= 0.6 is 0 Å². The van der Waals surface area contributed by atoms with Crippen LogP contribution < -0.4 is 15.4 Å². The predicted octanol–water partition coefficient (Wildman–Crippen LogP) is 2.67. The maximum atomic E-state index is 5.66. The van der Waals surface area contributed by atoms with Crippen molar-refractivity contribution >= 4 is 11.5 Å². The summed E-state index contributed by atoms with van der Waals surface area (Å²) in [5.41, 5.74) is 7.97. The molecule has 5 nitrogen and oxygen atoms in total. The van der Waals surface area contributed by atoms with Crippen LogP contribution in [0, 0.1) is 6.92 Å². The molecule has 1 heterocycles. The molecule has 0 unspecified atom stereocenters. The predicted molar refractivity (Wildman–Crippen MR) is 85.1 cm³/mol. The summed E-state index contributed by atoms with van der Waals surface area (Å²) >= 11 is 0. The van der Waals surface area contributed by atoms with Gasteiger partial charge in [0.15, 0.2) is 5.82 Å². The monoisotopic (exact) mass is 286 g/mol. The summed E-state index contributed by atoms with van der Waals surface area (Å²) in [6.07, 6.45) is 4.27. The fourth-order valence-electron chi connectivity index (χ4n) is 2.16. The Morgan fingerprint density at radius 3 is 2.76 bits per heavy atom. The molecule has 0 aliphatic rings. The van der Waals surface area contributed by atoms with Crippen molar-refractivity contribution in [1.82, 2.24) is 9.97 Å². The summed E-state index contributed by atoms with van der Waals surface area (Å²) in [6, 6.07) is 8.23. The minimum atomic E-state index is 0.543. The van der Waals surface area contributed by atoms with E-state index in [9.17, 15) is 0 Å². The largest absolute Gasteiger partial charge is 0.477 e. The van der Waals surface area contributed by atoms with Gasteiger partial charge in [-0.2, -0.15) is 4.98 Å². The Labute approximate surface area is 125 Å². The zero-order chi connectivity index (χ0) is 15.1. The maximum absolute atomic E-state index is 5.66. The summed E-state index contributed by atoms with van der Waals surface area (Å²) < 4.78 is 5.44. The van der Waals surface area contributed by atoms with Crippen LogP contribution in [0.15, 0.2) is 36.7 Å². The van der Waals surface area contributed by atoms with E-state index >= 15 is 0 Å². The Kier molecular flexibility index (Phi) is 5.51. The molecule has 1 aromatic heterocycles. The normalized spacial score (nSPS) is 10.4. The van der Waals surface area contributed by atoms with Crippen molar-refractivity contribution in [2.45, 2.75) is 20.3 Å². The molecule has 0 atom stereocenters. The van der Waals surface area contributed by atoms with Crippen LogP contribution in [-0.2, 0) is 0 Å². The first-order valence-corrected chi connectivity index (χ1v) is 7.24. The second-order valence-electron chi connectivity index (χ2n) is 4.73. The van der Waals surface area contributed by atoms with E-state index < -0.39 is 0 Å². The first-order chi connectivity index (χ1) is 10.3. The minimum absolute atomic E-state index is 0.543. The van der Waals surface area contributed by atoms with Crippen LogP contribution in [0.3, 0.4) is 0 Å². The van der Waals surface area contributed by atoms with Crippen LogP contribution in [-0.4, -0.2) is 29.7 Å². The lowest BCUT2D eigenvalue weighted by Gasteiger charge is -2.25. The van der Waals surface area contributed by atoms with Gasteiger partial charge in [0.1, 0.15) is 0 Å². The standard InChI is InChI=1S/C16H22N4O/c1-3-21-16-12-18-11-15(19-16)20(10-6-9-17)14-8-5-4-7-13(14)2/h4-5,7-8,11-12H,3,6,9-10,17H2,1-2H3. The van der Waals surface area contributed by atoms with Gasteiger partial charge in [-0.15, -0.1) is 0 Å². The van der Waals surface area contributed by atoms with Crippen molar-refractivity contribution < 1.29 is 4.74 Å². The van der Waals surface area contributed by atoms with Gasteiger partial charge in [-0.1, -0.05) is 18.2 Å². The average molecular weight is 286 g/mol. The molecule has 5 heteroatoms. The van der Waals surface area contributed by atoms with E-state index in [-0.39, 0.29) is 0 Å². The van der Waals surface area contributed by atoms with E-state index in [2.05, 4.69) is 33.9 Å². The van der Waals surface area contributed by atoms with Crippen molar-refractivity contribution in [1.29, 1.82) is 0 Å². The third kappa shape index (κ3) is 3.92. The van der Waals surface area contributed by atoms with E-state index in [1.165, 1.54) is 5.56 Å². The molecule has 0 radical (unpaired) electrons. The number of rotatable bonds is 7. The Morgan fingerprint density at radius 2 is 2.05 bits per heavy atom. The fourth-order valence-corrected chi connectivity index (χ4v) is 2.16. The molecular formula is C16H22N4O. The summed E-state index contributed by atoms with van der Waals surface area (Å²) in [5.74, 6) is 1.32. The smallest absolute Gasteiger partial charge is 0.234 e. The van der Waals surface area contributed by atoms with Gasteiger partial charge < -0.3 is 15.4 Å². The summed E-state index contributed by atoms with van der Waals surface area (Å²) in [7, 11) is 0. The minimum Gasteiger partial charge on any atom is -0.477 e. The molecule has 0 aliphatic carbocycles. The first-order valence-electron chi connectivity index (χ1n) is 7.24. The fraction of sp³-hybridized carbons (Fsp3) is 0.375. The molecule has 1 aromatic carbocycles. The van der Waals surface area contributed by atoms with Gasteiger partial charge in [0.2, 0.25) is 5.88 Å². The molecule has 0 saturated heterocycles. The number of aromatic nitrogens is 2. The highest BCUT2D eigenvalue weighted by Gasteiger charge is 2.13. The van der Waals surface area contributed by atoms with E-state index in [0.717, 1.165) is 24.5 Å². The van der Waals surface area contributed by atoms with Crippen LogP contribution in [0.25, 0.3) is 0 Å². The van der Waals surface area contributed by atoms with Crippen molar-refractivity contribution in [2.24, 2.45) is 5.73 Å². The number of ether oxygens (including phenoxy) is 1. The van der Waals surface area contributed by atoms with Crippen LogP contribution in [0.2, 0.25) is 0 Å². The quantitative estimate of drug-likeness (QED) is 0.847. The van der Waals surface area contributed by atoms with Gasteiger partial charge in [-0.3, -0.25) is 4.98 Å². The number of benzene rings is 1. The molecule has 0 fully saturated rings. The molecule has 0 saturated carbocycles. The maximum Gasteiger partial charge on any atom is 0.234 e. The lowest BCUT2D eigenvalue weighted by Crippen LogP contribution is -2.23. The molecule has 2 rings (SSSR count). The van der Waals surface area contributed by atoms with E-state index in [1.807, 2.05) is 19.1 Å². The lowest BCUT2D eigenvalue weighted by atomic mass is 10.1. The van der Waals surface area contributed by atoms with E-state index in [1.54, 1.807) is 12.4 Å². The molecule has 0 bridgehead atoms. The number of para-hydroxylation sites is 1. The number of nitrogens with zero attached hydrogens (tertiary/aromatic N) is 3. The average Bonchev–Trinajstić information content (AvgIpc) is 2.50. The van der Waals surface area contributed by atoms with Crippen molar-refractivity contribution in [3.63, 3.8) is 0 Å². The second-order valence-corrected chi connectivity index (χ2v) is 4.73. The Morgan fingerprint density at radius 1 is 1.24 bits per heavy atom. The summed E-state index contributed by atoms with van der Waals surface area (Å²) in [4.78, 5) is 10.9. The van der Waals surface area contributed by atoms with Crippen molar-refractivity contribution in [2.75, 3.05) is 24.6 Å². The molecular weight excluding hydrogens is 264 g/mol. The lowest BCUT2D eigenvalue weighted by molar-refractivity contribution is 0.325.